The summed E-state index contributed by atoms with van der Waals surface area (Å²) in [4.78, 5) is 0. The van der Waals surface area contributed by atoms with Crippen LogP contribution in [0.25, 0.3) is 0 Å². The summed E-state index contributed by atoms with van der Waals surface area (Å²) in [6.07, 6.45) is 1.17. The molecule has 0 saturated heterocycles. The van der Waals surface area contributed by atoms with Gasteiger partial charge in [0.15, 0.2) is 0 Å². The summed E-state index contributed by atoms with van der Waals surface area (Å²) >= 11 is 3.81. The smallest absolute Gasteiger partial charge is 0.0198 e. The lowest BCUT2D eigenvalue weighted by Gasteiger charge is -2.16. The fourth-order valence-corrected chi connectivity index (χ4v) is 2.87. The Hall–Kier alpha value is 0.01000. The van der Waals surface area contributed by atoms with E-state index in [2.05, 4.69) is 36.0 Å². The maximum absolute atomic E-state index is 3.54. The standard InChI is InChI=1S/C11H19NS2/c1-3-12-11(9-13-4-2)7-10-5-6-14-8-10/h5-6,8,11-12H,3-4,7,9H2,1-2H3. The largest absolute Gasteiger partial charge is 0.313 e. The number of thioether (sulfide) groups is 1. The number of hydrogen-bond donors (Lipinski definition) is 1. The second-order valence-electron chi connectivity index (χ2n) is 3.25. The van der Waals surface area contributed by atoms with Crippen LogP contribution in [0.5, 0.6) is 0 Å². The van der Waals surface area contributed by atoms with Crippen molar-refractivity contribution in [3.63, 3.8) is 0 Å². The van der Waals surface area contributed by atoms with E-state index in [9.17, 15) is 0 Å². The molecule has 0 aliphatic carbocycles. The zero-order valence-electron chi connectivity index (χ0n) is 8.95. The fourth-order valence-electron chi connectivity index (χ4n) is 1.43. The van der Waals surface area contributed by atoms with Gasteiger partial charge < -0.3 is 5.32 Å². The van der Waals surface area contributed by atoms with Crippen LogP contribution < -0.4 is 5.32 Å². The van der Waals surface area contributed by atoms with Crippen LogP contribution in [-0.4, -0.2) is 24.1 Å². The lowest BCUT2D eigenvalue weighted by atomic mass is 10.1. The maximum Gasteiger partial charge on any atom is 0.0198 e. The molecule has 3 heteroatoms. The first-order chi connectivity index (χ1) is 6.86. The molecule has 0 aliphatic heterocycles. The van der Waals surface area contributed by atoms with Crippen molar-refractivity contribution in [2.75, 3.05) is 18.1 Å². The highest BCUT2D eigenvalue weighted by atomic mass is 32.2. The minimum atomic E-state index is 0.638. The molecule has 1 heterocycles. The molecule has 1 nitrogen and oxygen atoms in total. The Kier molecular flexibility index (Phi) is 6.32. The van der Waals surface area contributed by atoms with Crippen molar-refractivity contribution in [3.05, 3.63) is 22.4 Å². The zero-order valence-corrected chi connectivity index (χ0v) is 10.6. The molecule has 0 bridgehead atoms. The first-order valence-electron chi connectivity index (χ1n) is 5.19. The number of hydrogen-bond acceptors (Lipinski definition) is 3. The summed E-state index contributed by atoms with van der Waals surface area (Å²) < 4.78 is 0. The summed E-state index contributed by atoms with van der Waals surface area (Å²) in [7, 11) is 0. The van der Waals surface area contributed by atoms with Gasteiger partial charge in [0.05, 0.1) is 0 Å². The van der Waals surface area contributed by atoms with E-state index in [4.69, 9.17) is 0 Å². The van der Waals surface area contributed by atoms with Crippen LogP contribution in [0.1, 0.15) is 19.4 Å². The molecule has 0 amide bonds. The zero-order chi connectivity index (χ0) is 10.2. The van der Waals surface area contributed by atoms with Crippen LogP contribution in [0.3, 0.4) is 0 Å². The third-order valence-corrected chi connectivity index (χ3v) is 3.86. The molecule has 80 valence electrons. The number of thiophene rings is 1. The normalized spacial score (nSPS) is 13.0. The van der Waals surface area contributed by atoms with Gasteiger partial charge in [-0.05, 0) is 41.1 Å². The minimum absolute atomic E-state index is 0.638. The molecule has 0 radical (unpaired) electrons. The second-order valence-corrected chi connectivity index (χ2v) is 5.35. The highest BCUT2D eigenvalue weighted by Crippen LogP contribution is 2.11. The van der Waals surface area contributed by atoms with E-state index in [1.54, 1.807) is 11.3 Å². The molecular weight excluding hydrogens is 210 g/mol. The molecule has 1 aromatic rings. The van der Waals surface area contributed by atoms with E-state index < -0.39 is 0 Å². The molecule has 1 N–H and O–H groups in total. The topological polar surface area (TPSA) is 12.0 Å². The van der Waals surface area contributed by atoms with E-state index in [0.29, 0.717) is 6.04 Å². The second kappa shape index (κ2) is 7.32. The summed E-state index contributed by atoms with van der Waals surface area (Å²) in [6.45, 7) is 5.47. The Balaban J connectivity index is 2.34. The molecule has 1 rings (SSSR count). The Bertz CT molecular complexity index is 221. The SMILES string of the molecule is CCNC(CSCC)Cc1ccsc1. The third kappa shape index (κ3) is 4.49. The lowest BCUT2D eigenvalue weighted by Crippen LogP contribution is -2.33. The predicted molar refractivity (Wildman–Crippen MR) is 68.5 cm³/mol. The Labute approximate surface area is 95.3 Å². The van der Waals surface area contributed by atoms with Gasteiger partial charge in [-0.25, -0.2) is 0 Å². The molecule has 0 fully saturated rings. The van der Waals surface area contributed by atoms with Crippen molar-refractivity contribution < 1.29 is 0 Å². The third-order valence-electron chi connectivity index (χ3n) is 2.08. The number of rotatable bonds is 7. The van der Waals surface area contributed by atoms with Crippen LogP contribution in [0.4, 0.5) is 0 Å². The van der Waals surface area contributed by atoms with Gasteiger partial charge in [-0.1, -0.05) is 13.8 Å². The van der Waals surface area contributed by atoms with Crippen molar-refractivity contribution in [2.24, 2.45) is 0 Å². The maximum atomic E-state index is 3.54. The summed E-state index contributed by atoms with van der Waals surface area (Å²) in [5.41, 5.74) is 1.47. The number of nitrogens with one attached hydrogen (secondary N) is 1. The van der Waals surface area contributed by atoms with Gasteiger partial charge in [0.2, 0.25) is 0 Å². The Morgan fingerprint density at radius 3 is 2.93 bits per heavy atom. The quantitative estimate of drug-likeness (QED) is 0.771. The Morgan fingerprint density at radius 2 is 2.36 bits per heavy atom. The van der Waals surface area contributed by atoms with Crippen molar-refractivity contribution in [3.8, 4) is 0 Å². The van der Waals surface area contributed by atoms with Gasteiger partial charge >= 0.3 is 0 Å². The van der Waals surface area contributed by atoms with Gasteiger partial charge in [0.25, 0.3) is 0 Å². The minimum Gasteiger partial charge on any atom is -0.313 e. The van der Waals surface area contributed by atoms with Crippen LogP contribution in [0.2, 0.25) is 0 Å². The van der Waals surface area contributed by atoms with Gasteiger partial charge in [-0.2, -0.15) is 23.1 Å². The fraction of sp³-hybridized carbons (Fsp3) is 0.636. The molecule has 1 unspecified atom stereocenters. The van der Waals surface area contributed by atoms with Crippen LogP contribution in [-0.2, 0) is 6.42 Å². The molecule has 1 aromatic heterocycles. The molecular formula is C11H19NS2. The molecule has 0 aliphatic rings. The monoisotopic (exact) mass is 229 g/mol. The number of likely N-dealkylation sites (N-methyl/N-ethyl adjacent to an activating group) is 1. The van der Waals surface area contributed by atoms with Crippen LogP contribution in [0, 0.1) is 0 Å². The summed E-state index contributed by atoms with van der Waals surface area (Å²) in [5, 5.41) is 7.95. The molecule has 0 aromatic carbocycles. The summed E-state index contributed by atoms with van der Waals surface area (Å²) in [6, 6.07) is 2.87. The van der Waals surface area contributed by atoms with Crippen LogP contribution in [0.15, 0.2) is 16.8 Å². The van der Waals surface area contributed by atoms with E-state index >= 15 is 0 Å². The van der Waals surface area contributed by atoms with Crippen molar-refractivity contribution in [1.82, 2.24) is 5.32 Å². The molecule has 1 atom stereocenters. The average Bonchev–Trinajstić information content (AvgIpc) is 2.67. The van der Waals surface area contributed by atoms with Crippen LogP contribution >= 0.6 is 23.1 Å². The average molecular weight is 229 g/mol. The summed E-state index contributed by atoms with van der Waals surface area (Å²) in [5.74, 6) is 2.44. The van der Waals surface area contributed by atoms with Crippen molar-refractivity contribution >= 4 is 23.1 Å². The van der Waals surface area contributed by atoms with Gasteiger partial charge in [0.1, 0.15) is 0 Å². The molecule has 0 spiro atoms. The highest BCUT2D eigenvalue weighted by molar-refractivity contribution is 7.99. The van der Waals surface area contributed by atoms with Crippen molar-refractivity contribution in [1.29, 1.82) is 0 Å². The van der Waals surface area contributed by atoms with E-state index in [1.807, 2.05) is 11.8 Å². The van der Waals surface area contributed by atoms with Gasteiger partial charge in [-0.15, -0.1) is 0 Å². The molecule has 14 heavy (non-hydrogen) atoms. The predicted octanol–water partition coefficient (Wildman–Crippen LogP) is 3.02. The van der Waals surface area contributed by atoms with E-state index in [-0.39, 0.29) is 0 Å². The molecule has 0 saturated carbocycles. The van der Waals surface area contributed by atoms with Gasteiger partial charge in [-0.3, -0.25) is 0 Å². The van der Waals surface area contributed by atoms with Crippen molar-refractivity contribution in [2.45, 2.75) is 26.3 Å². The first-order valence-corrected chi connectivity index (χ1v) is 7.28. The highest BCUT2D eigenvalue weighted by Gasteiger charge is 2.07. The van der Waals surface area contributed by atoms with Gasteiger partial charge in [0, 0.05) is 11.8 Å². The Morgan fingerprint density at radius 1 is 1.50 bits per heavy atom. The van der Waals surface area contributed by atoms with E-state index in [0.717, 1.165) is 6.54 Å². The first kappa shape index (κ1) is 12.1. The van der Waals surface area contributed by atoms with E-state index in [1.165, 1.54) is 23.5 Å². The lowest BCUT2D eigenvalue weighted by molar-refractivity contribution is 0.573.